The molecule has 8 heteroatoms. The van der Waals surface area contributed by atoms with Gasteiger partial charge in [0, 0.05) is 11.4 Å². The number of hydrogen-bond donors (Lipinski definition) is 2. The van der Waals surface area contributed by atoms with Crippen LogP contribution >= 0.6 is 0 Å². The maximum absolute atomic E-state index is 12.0. The molecule has 2 aromatic rings. The normalized spacial score (nSPS) is 11.3. The molecule has 8 nitrogen and oxygen atoms in total. The summed E-state index contributed by atoms with van der Waals surface area (Å²) in [6.07, 6.45) is -1.55. The molecule has 0 spiro atoms. The second-order valence-corrected chi connectivity index (χ2v) is 5.12. The monoisotopic (exact) mass is 360 g/mol. The molecule has 1 atom stereocenters. The van der Waals surface area contributed by atoms with Gasteiger partial charge in [0.25, 0.3) is 0 Å². The van der Waals surface area contributed by atoms with Crippen LogP contribution in [0.2, 0.25) is 0 Å². The lowest BCUT2D eigenvalue weighted by Crippen LogP contribution is -2.35. The fraction of sp³-hybridized carbons (Fsp3) is 0.222. The van der Waals surface area contributed by atoms with Crippen molar-refractivity contribution in [1.29, 1.82) is 0 Å². The lowest BCUT2D eigenvalue weighted by molar-refractivity contribution is -0.187. The Morgan fingerprint density at radius 2 is 1.46 bits per heavy atom. The van der Waals surface area contributed by atoms with E-state index in [0.29, 0.717) is 22.9 Å². The standard InChI is InChI=1S/C18H20N2O6/c1-2-23-17(22)18(25-15-9-5-13(20)6-10-15)26-16(21)11-24-14-7-3-12(19)4-8-14/h3-10,18H,2,11,19-20H2,1H3. The molecule has 0 aliphatic carbocycles. The minimum Gasteiger partial charge on any atom is -0.482 e. The predicted octanol–water partition coefficient (Wildman–Crippen LogP) is 1.74. The highest BCUT2D eigenvalue weighted by molar-refractivity contribution is 5.79. The zero-order chi connectivity index (χ0) is 18.9. The summed E-state index contributed by atoms with van der Waals surface area (Å²) in [6, 6.07) is 12.7. The first kappa shape index (κ1) is 18.9. The van der Waals surface area contributed by atoms with Crippen LogP contribution in [0.4, 0.5) is 11.4 Å². The lowest BCUT2D eigenvalue weighted by atomic mass is 10.3. The van der Waals surface area contributed by atoms with E-state index in [9.17, 15) is 9.59 Å². The molecule has 0 fully saturated rings. The van der Waals surface area contributed by atoms with E-state index in [1.165, 1.54) is 0 Å². The maximum atomic E-state index is 12.0. The summed E-state index contributed by atoms with van der Waals surface area (Å²) in [6.45, 7) is 1.33. The number of carbonyl (C=O) groups excluding carboxylic acids is 2. The highest BCUT2D eigenvalue weighted by Gasteiger charge is 2.26. The fourth-order valence-corrected chi connectivity index (χ4v) is 1.86. The van der Waals surface area contributed by atoms with Crippen molar-refractivity contribution in [2.75, 3.05) is 24.7 Å². The van der Waals surface area contributed by atoms with Gasteiger partial charge in [-0.15, -0.1) is 0 Å². The van der Waals surface area contributed by atoms with Gasteiger partial charge in [-0.2, -0.15) is 0 Å². The van der Waals surface area contributed by atoms with Crippen LogP contribution in [-0.4, -0.2) is 31.4 Å². The van der Waals surface area contributed by atoms with E-state index in [1.54, 1.807) is 55.5 Å². The van der Waals surface area contributed by atoms with E-state index in [1.807, 2.05) is 0 Å². The SMILES string of the molecule is CCOC(=O)C(OC(=O)COc1ccc(N)cc1)Oc1ccc(N)cc1. The summed E-state index contributed by atoms with van der Waals surface area (Å²) in [7, 11) is 0. The summed E-state index contributed by atoms with van der Waals surface area (Å²) in [5, 5.41) is 0. The Labute approximate surface area is 150 Å². The molecule has 0 aliphatic heterocycles. The second-order valence-electron chi connectivity index (χ2n) is 5.12. The third-order valence-corrected chi connectivity index (χ3v) is 3.08. The lowest BCUT2D eigenvalue weighted by Gasteiger charge is -2.18. The molecule has 0 bridgehead atoms. The molecule has 2 rings (SSSR count). The molecule has 0 amide bonds. The summed E-state index contributed by atoms with van der Waals surface area (Å²) in [4.78, 5) is 23.9. The molecule has 0 radical (unpaired) electrons. The Morgan fingerprint density at radius 1 is 0.923 bits per heavy atom. The van der Waals surface area contributed by atoms with Crippen molar-refractivity contribution in [2.24, 2.45) is 0 Å². The molecule has 1 unspecified atom stereocenters. The van der Waals surface area contributed by atoms with E-state index in [-0.39, 0.29) is 6.61 Å². The van der Waals surface area contributed by atoms with Gasteiger partial charge < -0.3 is 30.4 Å². The Kier molecular flexibility index (Phi) is 6.67. The van der Waals surface area contributed by atoms with Gasteiger partial charge in [0.05, 0.1) is 6.61 Å². The van der Waals surface area contributed by atoms with Crippen molar-refractivity contribution >= 4 is 23.3 Å². The average molecular weight is 360 g/mol. The zero-order valence-corrected chi connectivity index (χ0v) is 14.2. The Balaban J connectivity index is 1.95. The Hall–Kier alpha value is -3.42. The van der Waals surface area contributed by atoms with E-state index in [0.717, 1.165) is 0 Å². The quantitative estimate of drug-likeness (QED) is 0.414. The van der Waals surface area contributed by atoms with E-state index >= 15 is 0 Å². The van der Waals surface area contributed by atoms with E-state index in [4.69, 9.17) is 30.4 Å². The van der Waals surface area contributed by atoms with Crippen LogP contribution < -0.4 is 20.9 Å². The average Bonchev–Trinajstić information content (AvgIpc) is 2.62. The van der Waals surface area contributed by atoms with Gasteiger partial charge in [0.1, 0.15) is 11.5 Å². The van der Waals surface area contributed by atoms with Crippen molar-refractivity contribution in [2.45, 2.75) is 13.2 Å². The number of ether oxygens (including phenoxy) is 4. The maximum Gasteiger partial charge on any atom is 0.389 e. The molecule has 0 saturated heterocycles. The van der Waals surface area contributed by atoms with Crippen molar-refractivity contribution in [1.82, 2.24) is 0 Å². The van der Waals surface area contributed by atoms with Gasteiger partial charge in [-0.05, 0) is 55.5 Å². The predicted molar refractivity (Wildman–Crippen MR) is 94.3 cm³/mol. The van der Waals surface area contributed by atoms with Crippen LogP contribution in [0.15, 0.2) is 48.5 Å². The zero-order valence-electron chi connectivity index (χ0n) is 14.2. The van der Waals surface area contributed by atoms with Crippen LogP contribution in [0.1, 0.15) is 6.92 Å². The number of anilines is 2. The number of hydrogen-bond acceptors (Lipinski definition) is 8. The van der Waals surface area contributed by atoms with Gasteiger partial charge >= 0.3 is 18.2 Å². The first-order valence-corrected chi connectivity index (χ1v) is 7.84. The van der Waals surface area contributed by atoms with E-state index < -0.39 is 24.8 Å². The van der Waals surface area contributed by atoms with Crippen molar-refractivity contribution in [3.63, 3.8) is 0 Å². The van der Waals surface area contributed by atoms with Crippen molar-refractivity contribution in [3.8, 4) is 11.5 Å². The third kappa shape index (κ3) is 5.90. The summed E-state index contributed by atoms with van der Waals surface area (Å²) >= 11 is 0. The third-order valence-electron chi connectivity index (χ3n) is 3.08. The number of carbonyl (C=O) groups is 2. The molecule has 0 aliphatic rings. The Bertz CT molecular complexity index is 730. The van der Waals surface area contributed by atoms with Gasteiger partial charge in [-0.25, -0.2) is 9.59 Å². The molecule has 0 aromatic heterocycles. The molecule has 26 heavy (non-hydrogen) atoms. The highest BCUT2D eigenvalue weighted by Crippen LogP contribution is 2.17. The summed E-state index contributed by atoms with van der Waals surface area (Å²) in [5.41, 5.74) is 12.3. The topological polar surface area (TPSA) is 123 Å². The summed E-state index contributed by atoms with van der Waals surface area (Å²) < 4.78 is 20.5. The van der Waals surface area contributed by atoms with Crippen LogP contribution in [0.25, 0.3) is 0 Å². The second kappa shape index (κ2) is 9.16. The smallest absolute Gasteiger partial charge is 0.389 e. The van der Waals surface area contributed by atoms with Gasteiger partial charge in [-0.1, -0.05) is 0 Å². The largest absolute Gasteiger partial charge is 0.482 e. The highest BCUT2D eigenvalue weighted by atomic mass is 16.7. The first-order valence-electron chi connectivity index (χ1n) is 7.84. The first-order chi connectivity index (χ1) is 12.5. The number of benzene rings is 2. The molecular weight excluding hydrogens is 340 g/mol. The Morgan fingerprint density at radius 3 is 2.00 bits per heavy atom. The molecule has 0 saturated carbocycles. The van der Waals surface area contributed by atoms with Crippen LogP contribution in [0.5, 0.6) is 11.5 Å². The fourth-order valence-electron chi connectivity index (χ4n) is 1.86. The molecular formula is C18H20N2O6. The van der Waals surface area contributed by atoms with Crippen molar-refractivity contribution < 1.29 is 28.5 Å². The van der Waals surface area contributed by atoms with Crippen molar-refractivity contribution in [3.05, 3.63) is 48.5 Å². The van der Waals surface area contributed by atoms with Gasteiger partial charge in [-0.3, -0.25) is 0 Å². The molecule has 0 heterocycles. The molecule has 2 aromatic carbocycles. The number of esters is 2. The van der Waals surface area contributed by atoms with Gasteiger partial charge in [0.15, 0.2) is 6.61 Å². The van der Waals surface area contributed by atoms with E-state index in [2.05, 4.69) is 0 Å². The van der Waals surface area contributed by atoms with Crippen LogP contribution in [0.3, 0.4) is 0 Å². The van der Waals surface area contributed by atoms with Crippen LogP contribution in [-0.2, 0) is 19.1 Å². The molecule has 4 N–H and O–H groups in total. The summed E-state index contributed by atoms with van der Waals surface area (Å²) in [5.74, 6) is -0.895. The molecule has 138 valence electrons. The van der Waals surface area contributed by atoms with Gasteiger partial charge in [0.2, 0.25) is 0 Å². The van der Waals surface area contributed by atoms with Crippen LogP contribution in [0, 0.1) is 0 Å². The number of nitrogens with two attached hydrogens (primary N) is 2. The minimum atomic E-state index is -1.55. The number of nitrogen functional groups attached to an aromatic ring is 2. The minimum absolute atomic E-state index is 0.111. The number of rotatable bonds is 8.